The van der Waals surface area contributed by atoms with Crippen LogP contribution in [0, 0.1) is 11.3 Å². The van der Waals surface area contributed by atoms with Crippen molar-refractivity contribution >= 4 is 5.78 Å². The third kappa shape index (κ3) is 2.75. The van der Waals surface area contributed by atoms with Crippen LogP contribution < -0.4 is 0 Å². The molecule has 0 radical (unpaired) electrons. The highest BCUT2D eigenvalue weighted by molar-refractivity contribution is 5.82. The minimum absolute atomic E-state index is 0.161. The summed E-state index contributed by atoms with van der Waals surface area (Å²) in [5.74, 6) is -0.0261. The number of rotatable bonds is 2. The van der Waals surface area contributed by atoms with E-state index in [-0.39, 0.29) is 17.1 Å². The third-order valence-corrected chi connectivity index (χ3v) is 3.76. The molecule has 0 heterocycles. The number of aliphatic hydroxyl groups excluding tert-OH is 1. The van der Waals surface area contributed by atoms with Gasteiger partial charge in [-0.1, -0.05) is 44.2 Å². The van der Waals surface area contributed by atoms with Crippen LogP contribution in [0.4, 0.5) is 0 Å². The standard InChI is InChI=1S/C15H20O2/c1-15(2)9-8-13(16)12(10-15)14(17)11-6-4-3-5-7-11/h3-7,12,14,17H,8-10H2,1-2H3/t12-,14+/m0/s1. The van der Waals surface area contributed by atoms with E-state index in [1.54, 1.807) is 0 Å². The molecule has 1 aliphatic carbocycles. The quantitative estimate of drug-likeness (QED) is 0.850. The van der Waals surface area contributed by atoms with Crippen LogP contribution in [-0.4, -0.2) is 10.9 Å². The van der Waals surface area contributed by atoms with Gasteiger partial charge in [0.2, 0.25) is 0 Å². The van der Waals surface area contributed by atoms with Gasteiger partial charge in [-0.15, -0.1) is 0 Å². The molecule has 1 aromatic carbocycles. The van der Waals surface area contributed by atoms with Crippen molar-refractivity contribution in [1.82, 2.24) is 0 Å². The number of Topliss-reactive ketones (excluding diaryl/α,β-unsaturated/α-hetero) is 1. The normalized spacial score (nSPS) is 25.6. The number of ketones is 1. The molecule has 0 bridgehead atoms. The Kier molecular flexibility index (Phi) is 3.34. The summed E-state index contributed by atoms with van der Waals surface area (Å²) in [4.78, 5) is 11.9. The molecule has 1 aromatic rings. The van der Waals surface area contributed by atoms with Crippen LogP contribution in [0.1, 0.15) is 44.8 Å². The first-order valence-corrected chi connectivity index (χ1v) is 6.25. The zero-order chi connectivity index (χ0) is 12.5. The van der Waals surface area contributed by atoms with Crippen LogP contribution in [0.3, 0.4) is 0 Å². The molecule has 1 fully saturated rings. The molecular weight excluding hydrogens is 212 g/mol. The van der Waals surface area contributed by atoms with E-state index < -0.39 is 6.10 Å². The highest BCUT2D eigenvalue weighted by Crippen LogP contribution is 2.41. The van der Waals surface area contributed by atoms with E-state index in [1.165, 1.54) is 0 Å². The lowest BCUT2D eigenvalue weighted by molar-refractivity contribution is -0.131. The third-order valence-electron chi connectivity index (χ3n) is 3.76. The van der Waals surface area contributed by atoms with Gasteiger partial charge in [-0.3, -0.25) is 4.79 Å². The Morgan fingerprint density at radius 1 is 1.29 bits per heavy atom. The molecule has 0 amide bonds. The maximum Gasteiger partial charge on any atom is 0.138 e. The monoisotopic (exact) mass is 232 g/mol. The smallest absolute Gasteiger partial charge is 0.138 e. The molecular formula is C15H20O2. The molecule has 0 aromatic heterocycles. The summed E-state index contributed by atoms with van der Waals surface area (Å²) in [5, 5.41) is 10.3. The highest BCUT2D eigenvalue weighted by Gasteiger charge is 2.37. The maximum absolute atomic E-state index is 11.9. The van der Waals surface area contributed by atoms with Crippen molar-refractivity contribution in [1.29, 1.82) is 0 Å². The lowest BCUT2D eigenvalue weighted by Gasteiger charge is -2.36. The van der Waals surface area contributed by atoms with E-state index in [2.05, 4.69) is 13.8 Å². The summed E-state index contributed by atoms with van der Waals surface area (Å²) in [6.07, 6.45) is 1.66. The average Bonchev–Trinajstić information content (AvgIpc) is 2.33. The zero-order valence-electron chi connectivity index (χ0n) is 10.5. The fourth-order valence-electron chi connectivity index (χ4n) is 2.63. The molecule has 17 heavy (non-hydrogen) atoms. The highest BCUT2D eigenvalue weighted by atomic mass is 16.3. The fourth-order valence-corrected chi connectivity index (χ4v) is 2.63. The SMILES string of the molecule is CC1(C)CCC(=O)[C@@H]([C@H](O)c2ccccc2)C1. The minimum Gasteiger partial charge on any atom is -0.388 e. The van der Waals surface area contributed by atoms with Gasteiger partial charge in [0.1, 0.15) is 5.78 Å². The Labute approximate surface area is 103 Å². The lowest BCUT2D eigenvalue weighted by Crippen LogP contribution is -2.33. The predicted molar refractivity (Wildman–Crippen MR) is 67.5 cm³/mol. The molecule has 1 N–H and O–H groups in total. The summed E-state index contributed by atoms with van der Waals surface area (Å²) >= 11 is 0. The molecule has 0 unspecified atom stereocenters. The molecule has 1 saturated carbocycles. The predicted octanol–water partition coefficient (Wildman–Crippen LogP) is 3.12. The average molecular weight is 232 g/mol. The van der Waals surface area contributed by atoms with Gasteiger partial charge in [-0.25, -0.2) is 0 Å². The number of hydrogen-bond acceptors (Lipinski definition) is 2. The fraction of sp³-hybridized carbons (Fsp3) is 0.533. The van der Waals surface area contributed by atoms with Crippen molar-refractivity contribution in [2.24, 2.45) is 11.3 Å². The second-order valence-corrected chi connectivity index (χ2v) is 5.80. The number of hydrogen-bond donors (Lipinski definition) is 1. The Morgan fingerprint density at radius 2 is 1.94 bits per heavy atom. The van der Waals surface area contributed by atoms with Crippen LogP contribution in [0.2, 0.25) is 0 Å². The number of carbonyl (C=O) groups excluding carboxylic acids is 1. The summed E-state index contributed by atoms with van der Waals surface area (Å²) in [7, 11) is 0. The molecule has 0 saturated heterocycles. The summed E-state index contributed by atoms with van der Waals surface area (Å²) in [6.45, 7) is 4.34. The van der Waals surface area contributed by atoms with Crippen molar-refractivity contribution in [2.75, 3.05) is 0 Å². The first-order valence-electron chi connectivity index (χ1n) is 6.25. The maximum atomic E-state index is 11.9. The Morgan fingerprint density at radius 3 is 2.59 bits per heavy atom. The van der Waals surface area contributed by atoms with Crippen molar-refractivity contribution in [3.63, 3.8) is 0 Å². The van der Waals surface area contributed by atoms with Crippen molar-refractivity contribution in [3.05, 3.63) is 35.9 Å². The molecule has 1 aliphatic rings. The lowest BCUT2D eigenvalue weighted by atomic mass is 9.69. The van der Waals surface area contributed by atoms with Gasteiger partial charge in [-0.05, 0) is 23.8 Å². The Balaban J connectivity index is 2.18. The first kappa shape index (κ1) is 12.3. The number of carbonyl (C=O) groups is 1. The second-order valence-electron chi connectivity index (χ2n) is 5.80. The Hall–Kier alpha value is -1.15. The topological polar surface area (TPSA) is 37.3 Å². The van der Waals surface area contributed by atoms with Gasteiger partial charge in [0.05, 0.1) is 6.10 Å². The van der Waals surface area contributed by atoms with Crippen LogP contribution in [0.15, 0.2) is 30.3 Å². The van der Waals surface area contributed by atoms with E-state index in [0.717, 1.165) is 18.4 Å². The van der Waals surface area contributed by atoms with Crippen LogP contribution in [0.25, 0.3) is 0 Å². The number of benzene rings is 1. The van der Waals surface area contributed by atoms with Crippen LogP contribution >= 0.6 is 0 Å². The zero-order valence-corrected chi connectivity index (χ0v) is 10.5. The van der Waals surface area contributed by atoms with Crippen molar-refractivity contribution in [2.45, 2.75) is 39.2 Å². The molecule has 2 atom stereocenters. The molecule has 0 spiro atoms. The molecule has 2 rings (SSSR count). The molecule has 2 heteroatoms. The van der Waals surface area contributed by atoms with E-state index in [0.29, 0.717) is 6.42 Å². The molecule has 0 aliphatic heterocycles. The van der Waals surface area contributed by atoms with E-state index >= 15 is 0 Å². The van der Waals surface area contributed by atoms with Gasteiger partial charge in [-0.2, -0.15) is 0 Å². The minimum atomic E-state index is -0.650. The van der Waals surface area contributed by atoms with Crippen LogP contribution in [0.5, 0.6) is 0 Å². The van der Waals surface area contributed by atoms with Gasteiger partial charge < -0.3 is 5.11 Å². The van der Waals surface area contributed by atoms with Crippen molar-refractivity contribution in [3.8, 4) is 0 Å². The van der Waals surface area contributed by atoms with E-state index in [1.807, 2.05) is 30.3 Å². The van der Waals surface area contributed by atoms with Gasteiger partial charge in [0.15, 0.2) is 0 Å². The summed E-state index contributed by atoms with van der Waals surface area (Å²) < 4.78 is 0. The largest absolute Gasteiger partial charge is 0.388 e. The molecule has 92 valence electrons. The van der Waals surface area contributed by atoms with E-state index in [4.69, 9.17) is 0 Å². The first-order chi connectivity index (χ1) is 7.99. The summed E-state index contributed by atoms with van der Waals surface area (Å²) in [5.41, 5.74) is 1.01. The van der Waals surface area contributed by atoms with Gasteiger partial charge in [0, 0.05) is 12.3 Å². The van der Waals surface area contributed by atoms with Gasteiger partial charge in [0.25, 0.3) is 0 Å². The van der Waals surface area contributed by atoms with Crippen LogP contribution in [-0.2, 0) is 4.79 Å². The van der Waals surface area contributed by atoms with Crippen molar-refractivity contribution < 1.29 is 9.90 Å². The molecule has 2 nitrogen and oxygen atoms in total. The van der Waals surface area contributed by atoms with E-state index in [9.17, 15) is 9.90 Å². The summed E-state index contributed by atoms with van der Waals surface area (Å²) in [6, 6.07) is 9.50. The number of aliphatic hydroxyl groups is 1. The second kappa shape index (κ2) is 4.61. The van der Waals surface area contributed by atoms with Gasteiger partial charge >= 0.3 is 0 Å². The Bertz CT molecular complexity index is 395.